The van der Waals surface area contributed by atoms with Crippen molar-refractivity contribution in [1.29, 1.82) is 0 Å². The number of carbonyl (C=O) groups excluding carboxylic acids is 3. The monoisotopic (exact) mass is 543 g/mol. The van der Waals surface area contributed by atoms with Crippen LogP contribution in [0.25, 0.3) is 0 Å². The number of amides is 3. The summed E-state index contributed by atoms with van der Waals surface area (Å²) >= 11 is 18.2. The van der Waals surface area contributed by atoms with Crippen molar-refractivity contribution < 1.29 is 19.1 Å². The molecule has 0 aliphatic carbocycles. The Morgan fingerprint density at radius 3 is 2.17 bits per heavy atom. The number of nitrogens with zero attached hydrogens (tertiary/aromatic N) is 1. The molecule has 36 heavy (non-hydrogen) atoms. The van der Waals surface area contributed by atoms with Crippen LogP contribution in [0.15, 0.2) is 77.5 Å². The summed E-state index contributed by atoms with van der Waals surface area (Å²) in [6, 6.07) is 17.9. The summed E-state index contributed by atoms with van der Waals surface area (Å²) in [4.78, 5) is 39.3. The van der Waals surface area contributed by atoms with Gasteiger partial charge in [0.05, 0.1) is 17.5 Å². The molecule has 2 N–H and O–H groups in total. The molecule has 0 spiro atoms. The average molecular weight is 545 g/mol. The number of hydrogen-bond donors (Lipinski definition) is 2. The van der Waals surface area contributed by atoms with E-state index < -0.39 is 11.8 Å². The van der Waals surface area contributed by atoms with Crippen molar-refractivity contribution in [3.05, 3.63) is 93.1 Å². The van der Waals surface area contributed by atoms with Gasteiger partial charge in [0, 0.05) is 21.3 Å². The number of benzene rings is 3. The first kappa shape index (κ1) is 25.6. The van der Waals surface area contributed by atoms with E-state index in [4.69, 9.17) is 39.5 Å². The van der Waals surface area contributed by atoms with Crippen molar-refractivity contribution in [2.75, 3.05) is 15.5 Å². The van der Waals surface area contributed by atoms with Gasteiger partial charge in [0.25, 0.3) is 17.7 Å². The maximum atomic E-state index is 13.0. The van der Waals surface area contributed by atoms with Gasteiger partial charge in [0.1, 0.15) is 16.5 Å². The summed E-state index contributed by atoms with van der Waals surface area (Å²) in [5, 5.41) is 5.96. The van der Waals surface area contributed by atoms with Crippen LogP contribution in [0, 0.1) is 0 Å². The first-order valence-electron chi connectivity index (χ1n) is 10.8. The van der Waals surface area contributed by atoms with E-state index in [0.717, 1.165) is 4.90 Å². The van der Waals surface area contributed by atoms with Gasteiger partial charge in [0.15, 0.2) is 0 Å². The lowest BCUT2D eigenvalue weighted by molar-refractivity contribution is -0.120. The molecular weight excluding hydrogens is 525 g/mol. The topological polar surface area (TPSA) is 87.7 Å². The van der Waals surface area contributed by atoms with Gasteiger partial charge in [0.2, 0.25) is 0 Å². The Hall–Kier alpha value is -3.52. The van der Waals surface area contributed by atoms with Crippen LogP contribution < -0.4 is 20.3 Å². The molecule has 0 atom stereocenters. The van der Waals surface area contributed by atoms with Crippen LogP contribution in [0.2, 0.25) is 10.0 Å². The third-order valence-electron chi connectivity index (χ3n) is 5.05. The van der Waals surface area contributed by atoms with Gasteiger partial charge in [-0.15, -0.1) is 0 Å². The SMILES string of the molecule is CC(C)Oc1ccccc1NC(=O)c1ccc(NC2=C(Cl)C(=O)N(c3cc(Cl)cc(Cl)c3)C2=O)cc1. The Morgan fingerprint density at radius 2 is 1.53 bits per heavy atom. The number of anilines is 3. The number of ether oxygens (including phenoxy) is 1. The Bertz CT molecular complexity index is 1370. The van der Waals surface area contributed by atoms with Gasteiger partial charge in [-0.05, 0) is 68.4 Å². The molecule has 1 aliphatic rings. The molecule has 7 nitrogen and oxygen atoms in total. The zero-order valence-electron chi connectivity index (χ0n) is 19.1. The minimum atomic E-state index is -0.708. The van der Waals surface area contributed by atoms with E-state index in [1.807, 2.05) is 19.9 Å². The molecular formula is C26H20Cl3N3O4. The van der Waals surface area contributed by atoms with Crippen LogP contribution >= 0.6 is 34.8 Å². The van der Waals surface area contributed by atoms with Crippen molar-refractivity contribution in [3.63, 3.8) is 0 Å². The summed E-state index contributed by atoms with van der Waals surface area (Å²) in [7, 11) is 0. The standard InChI is InChI=1S/C26H20Cl3N3O4/c1-14(2)36-21-6-4-3-5-20(21)31-24(33)15-7-9-18(10-8-15)30-23-22(29)25(34)32(26(23)35)19-12-16(27)11-17(28)13-19/h3-14,30H,1-2H3,(H,31,33). The summed E-state index contributed by atoms with van der Waals surface area (Å²) in [6.45, 7) is 3.80. The Balaban J connectivity index is 1.48. The lowest BCUT2D eigenvalue weighted by Gasteiger charge is -2.16. The molecule has 0 saturated heterocycles. The lowest BCUT2D eigenvalue weighted by atomic mass is 10.1. The molecule has 0 bridgehead atoms. The summed E-state index contributed by atoms with van der Waals surface area (Å²) < 4.78 is 5.74. The maximum absolute atomic E-state index is 13.0. The molecule has 0 unspecified atom stereocenters. The third-order valence-corrected chi connectivity index (χ3v) is 5.83. The summed E-state index contributed by atoms with van der Waals surface area (Å²) in [6.07, 6.45) is -0.0495. The maximum Gasteiger partial charge on any atom is 0.283 e. The van der Waals surface area contributed by atoms with Crippen molar-refractivity contribution in [1.82, 2.24) is 0 Å². The first-order valence-corrected chi connectivity index (χ1v) is 12.0. The fourth-order valence-electron chi connectivity index (χ4n) is 3.48. The van der Waals surface area contributed by atoms with E-state index in [2.05, 4.69) is 10.6 Å². The fraction of sp³-hybridized carbons (Fsp3) is 0.115. The summed E-state index contributed by atoms with van der Waals surface area (Å²) in [5.41, 5.74) is 1.48. The molecule has 0 fully saturated rings. The fourth-order valence-corrected chi connectivity index (χ4v) is 4.21. The van der Waals surface area contributed by atoms with Crippen LogP contribution in [-0.4, -0.2) is 23.8 Å². The van der Waals surface area contributed by atoms with Crippen molar-refractivity contribution in [2.45, 2.75) is 20.0 Å². The van der Waals surface area contributed by atoms with E-state index in [0.29, 0.717) is 22.7 Å². The van der Waals surface area contributed by atoms with E-state index >= 15 is 0 Å². The molecule has 10 heteroatoms. The van der Waals surface area contributed by atoms with E-state index in [1.54, 1.807) is 42.5 Å². The normalized spacial score (nSPS) is 13.4. The van der Waals surface area contributed by atoms with Crippen LogP contribution in [0.3, 0.4) is 0 Å². The number of nitrogens with one attached hydrogen (secondary N) is 2. The number of imide groups is 1. The number of carbonyl (C=O) groups is 3. The average Bonchev–Trinajstić information content (AvgIpc) is 3.03. The number of hydrogen-bond acceptors (Lipinski definition) is 5. The molecule has 3 aromatic carbocycles. The van der Waals surface area contributed by atoms with Crippen LogP contribution in [0.1, 0.15) is 24.2 Å². The number of halogens is 3. The molecule has 1 aliphatic heterocycles. The van der Waals surface area contributed by atoms with E-state index in [-0.39, 0.29) is 38.5 Å². The molecule has 4 rings (SSSR count). The minimum Gasteiger partial charge on any atom is -0.489 e. The number of rotatable bonds is 7. The Kier molecular flexibility index (Phi) is 7.54. The van der Waals surface area contributed by atoms with E-state index in [9.17, 15) is 14.4 Å². The molecule has 3 amide bonds. The van der Waals surface area contributed by atoms with Gasteiger partial charge >= 0.3 is 0 Å². The number of para-hydroxylation sites is 2. The third kappa shape index (κ3) is 5.49. The molecule has 3 aromatic rings. The highest BCUT2D eigenvalue weighted by Crippen LogP contribution is 2.33. The van der Waals surface area contributed by atoms with Crippen LogP contribution in [-0.2, 0) is 9.59 Å². The van der Waals surface area contributed by atoms with Gasteiger partial charge in [-0.1, -0.05) is 46.9 Å². The van der Waals surface area contributed by atoms with Crippen molar-refractivity contribution in [2.24, 2.45) is 0 Å². The zero-order chi connectivity index (χ0) is 26.0. The molecule has 0 aromatic heterocycles. The van der Waals surface area contributed by atoms with E-state index in [1.165, 1.54) is 18.2 Å². The highest BCUT2D eigenvalue weighted by Gasteiger charge is 2.39. The van der Waals surface area contributed by atoms with Crippen LogP contribution in [0.5, 0.6) is 5.75 Å². The van der Waals surface area contributed by atoms with Gasteiger partial charge in [-0.3, -0.25) is 14.4 Å². The Morgan fingerprint density at radius 1 is 0.889 bits per heavy atom. The predicted molar refractivity (Wildman–Crippen MR) is 142 cm³/mol. The smallest absolute Gasteiger partial charge is 0.283 e. The second-order valence-corrected chi connectivity index (χ2v) is 9.33. The lowest BCUT2D eigenvalue weighted by Crippen LogP contribution is -2.32. The first-order chi connectivity index (χ1) is 17.1. The molecule has 184 valence electrons. The molecule has 1 heterocycles. The zero-order valence-corrected chi connectivity index (χ0v) is 21.4. The van der Waals surface area contributed by atoms with Crippen molar-refractivity contribution >= 4 is 69.6 Å². The van der Waals surface area contributed by atoms with Crippen LogP contribution in [0.4, 0.5) is 17.1 Å². The quantitative estimate of drug-likeness (QED) is 0.333. The van der Waals surface area contributed by atoms with Crippen molar-refractivity contribution in [3.8, 4) is 5.75 Å². The largest absolute Gasteiger partial charge is 0.489 e. The predicted octanol–water partition coefficient (Wildman–Crippen LogP) is 6.47. The second-order valence-electron chi connectivity index (χ2n) is 8.08. The highest BCUT2D eigenvalue weighted by atomic mass is 35.5. The minimum absolute atomic E-state index is 0.0495. The Labute approximate surface area is 222 Å². The van der Waals surface area contributed by atoms with Gasteiger partial charge in [-0.2, -0.15) is 0 Å². The molecule has 0 saturated carbocycles. The molecule has 0 radical (unpaired) electrons. The highest BCUT2D eigenvalue weighted by molar-refractivity contribution is 6.53. The van der Waals surface area contributed by atoms with Gasteiger partial charge < -0.3 is 15.4 Å². The summed E-state index contributed by atoms with van der Waals surface area (Å²) in [5.74, 6) is -1.14. The van der Waals surface area contributed by atoms with Gasteiger partial charge in [-0.25, -0.2) is 4.90 Å². The second kappa shape index (κ2) is 10.6.